The summed E-state index contributed by atoms with van der Waals surface area (Å²) in [5, 5.41) is 11.7. The molecule has 1 heterocycles. The maximum absolute atomic E-state index is 9.59. The molecular weight excluding hydrogens is 200 g/mol. The van der Waals surface area contributed by atoms with Crippen LogP contribution in [-0.4, -0.2) is 9.67 Å². The summed E-state index contributed by atoms with van der Waals surface area (Å²) in [6, 6.07) is 11.4. The van der Waals surface area contributed by atoms with E-state index in [4.69, 9.17) is 5.73 Å². The van der Waals surface area contributed by atoms with E-state index in [2.05, 4.69) is 4.57 Å². The summed E-state index contributed by atoms with van der Waals surface area (Å²) in [5.41, 5.74) is 8.64. The molecule has 0 amide bonds. The van der Waals surface area contributed by atoms with Crippen LogP contribution in [-0.2, 0) is 7.05 Å². The Morgan fingerprint density at radius 1 is 1.12 bits per heavy atom. The van der Waals surface area contributed by atoms with Crippen molar-refractivity contribution in [2.45, 2.75) is 0 Å². The maximum Gasteiger partial charge on any atom is 0.118 e. The van der Waals surface area contributed by atoms with Crippen LogP contribution in [0.1, 0.15) is 0 Å². The van der Waals surface area contributed by atoms with Crippen molar-refractivity contribution < 1.29 is 5.11 Å². The van der Waals surface area contributed by atoms with E-state index in [0.717, 1.165) is 21.8 Å². The number of phenols is 1. The van der Waals surface area contributed by atoms with E-state index in [9.17, 15) is 5.11 Å². The van der Waals surface area contributed by atoms with E-state index < -0.39 is 0 Å². The van der Waals surface area contributed by atoms with E-state index in [0.29, 0.717) is 5.69 Å². The summed E-state index contributed by atoms with van der Waals surface area (Å²) in [7, 11) is 1.98. The molecular formula is C13H12N2O. The standard InChI is InChI=1S/C13H12N2O/c1-15-12-5-3-2-4-9(12)10-6-8(16)7-11(14)13(10)15/h2-7,16H,14H2,1H3. The number of nitrogen functional groups attached to an aromatic ring is 1. The predicted octanol–water partition coefficient (Wildman–Crippen LogP) is 2.62. The Labute approximate surface area is 92.7 Å². The van der Waals surface area contributed by atoms with Crippen LogP contribution in [0.15, 0.2) is 36.4 Å². The van der Waals surface area contributed by atoms with Crippen LogP contribution in [0.2, 0.25) is 0 Å². The molecule has 80 valence electrons. The Morgan fingerprint density at radius 2 is 1.88 bits per heavy atom. The Balaban J connectivity index is 2.67. The predicted molar refractivity (Wildman–Crippen MR) is 66.5 cm³/mol. The van der Waals surface area contributed by atoms with Gasteiger partial charge in [0.15, 0.2) is 0 Å². The van der Waals surface area contributed by atoms with Crippen LogP contribution in [0.25, 0.3) is 21.8 Å². The highest BCUT2D eigenvalue weighted by molar-refractivity contribution is 6.12. The molecule has 0 saturated heterocycles. The molecule has 3 aromatic rings. The number of nitrogens with zero attached hydrogens (tertiary/aromatic N) is 1. The SMILES string of the molecule is Cn1c2ccccc2c2cc(O)cc(N)c21. The molecule has 16 heavy (non-hydrogen) atoms. The van der Waals surface area contributed by atoms with Gasteiger partial charge in [-0.1, -0.05) is 18.2 Å². The van der Waals surface area contributed by atoms with Crippen molar-refractivity contribution in [2.75, 3.05) is 5.73 Å². The van der Waals surface area contributed by atoms with Gasteiger partial charge in [-0.05, 0) is 12.1 Å². The van der Waals surface area contributed by atoms with E-state index >= 15 is 0 Å². The van der Waals surface area contributed by atoms with Crippen molar-refractivity contribution >= 4 is 27.5 Å². The lowest BCUT2D eigenvalue weighted by molar-refractivity contribution is 0.476. The Bertz CT molecular complexity index is 698. The van der Waals surface area contributed by atoms with Crippen molar-refractivity contribution in [3.63, 3.8) is 0 Å². The van der Waals surface area contributed by atoms with Crippen molar-refractivity contribution in [1.29, 1.82) is 0 Å². The molecule has 0 saturated carbocycles. The summed E-state index contributed by atoms with van der Waals surface area (Å²) in [6.07, 6.45) is 0. The quantitative estimate of drug-likeness (QED) is 0.563. The second-order valence-corrected chi connectivity index (χ2v) is 4.01. The van der Waals surface area contributed by atoms with Crippen LogP contribution < -0.4 is 5.73 Å². The highest BCUT2D eigenvalue weighted by Crippen LogP contribution is 2.34. The Hall–Kier alpha value is -2.16. The summed E-state index contributed by atoms with van der Waals surface area (Å²) in [5.74, 6) is 0.210. The van der Waals surface area contributed by atoms with Crippen LogP contribution in [0.5, 0.6) is 5.75 Å². The van der Waals surface area contributed by atoms with E-state index in [1.54, 1.807) is 12.1 Å². The first-order valence-corrected chi connectivity index (χ1v) is 5.14. The molecule has 0 atom stereocenters. The summed E-state index contributed by atoms with van der Waals surface area (Å²) >= 11 is 0. The average molecular weight is 212 g/mol. The number of para-hydroxylation sites is 1. The van der Waals surface area contributed by atoms with Gasteiger partial charge in [0.05, 0.1) is 11.2 Å². The number of aromatic nitrogens is 1. The van der Waals surface area contributed by atoms with Gasteiger partial charge < -0.3 is 15.4 Å². The molecule has 3 rings (SSSR count). The van der Waals surface area contributed by atoms with Gasteiger partial charge in [-0.15, -0.1) is 0 Å². The van der Waals surface area contributed by atoms with Gasteiger partial charge in [-0.2, -0.15) is 0 Å². The molecule has 0 fully saturated rings. The summed E-state index contributed by atoms with van der Waals surface area (Å²) < 4.78 is 2.06. The molecule has 0 bridgehead atoms. The number of benzene rings is 2. The van der Waals surface area contributed by atoms with Crippen LogP contribution in [0, 0.1) is 0 Å². The lowest BCUT2D eigenvalue weighted by atomic mass is 10.1. The third kappa shape index (κ3) is 1.03. The number of anilines is 1. The lowest BCUT2D eigenvalue weighted by Crippen LogP contribution is -1.92. The van der Waals surface area contributed by atoms with Crippen molar-refractivity contribution in [2.24, 2.45) is 7.05 Å². The minimum absolute atomic E-state index is 0.210. The molecule has 3 nitrogen and oxygen atoms in total. The molecule has 3 N–H and O–H groups in total. The fraction of sp³-hybridized carbons (Fsp3) is 0.0769. The Morgan fingerprint density at radius 3 is 2.69 bits per heavy atom. The lowest BCUT2D eigenvalue weighted by Gasteiger charge is -2.02. The summed E-state index contributed by atoms with van der Waals surface area (Å²) in [4.78, 5) is 0. The fourth-order valence-electron chi connectivity index (χ4n) is 2.34. The van der Waals surface area contributed by atoms with Crippen LogP contribution in [0.3, 0.4) is 0 Å². The number of fused-ring (bicyclic) bond motifs is 3. The first kappa shape index (κ1) is 9.09. The van der Waals surface area contributed by atoms with Crippen molar-refractivity contribution in [3.8, 4) is 5.75 Å². The third-order valence-electron chi connectivity index (χ3n) is 3.02. The zero-order valence-corrected chi connectivity index (χ0v) is 8.94. The van der Waals surface area contributed by atoms with Gasteiger partial charge >= 0.3 is 0 Å². The third-order valence-corrected chi connectivity index (χ3v) is 3.02. The zero-order valence-electron chi connectivity index (χ0n) is 8.94. The minimum Gasteiger partial charge on any atom is -0.508 e. The number of aryl methyl sites for hydroxylation is 1. The van der Waals surface area contributed by atoms with Crippen molar-refractivity contribution in [3.05, 3.63) is 36.4 Å². The molecule has 0 aliphatic carbocycles. The molecule has 1 aromatic heterocycles. The second-order valence-electron chi connectivity index (χ2n) is 4.01. The van der Waals surface area contributed by atoms with Gasteiger partial charge in [-0.25, -0.2) is 0 Å². The molecule has 0 aliphatic rings. The number of rotatable bonds is 0. The molecule has 0 spiro atoms. The number of hydrogen-bond donors (Lipinski definition) is 2. The smallest absolute Gasteiger partial charge is 0.118 e. The number of phenolic OH excluding ortho intramolecular Hbond substituents is 1. The van der Waals surface area contributed by atoms with Gasteiger partial charge in [-0.3, -0.25) is 0 Å². The largest absolute Gasteiger partial charge is 0.508 e. The monoisotopic (exact) mass is 212 g/mol. The first-order valence-electron chi connectivity index (χ1n) is 5.14. The first-order chi connectivity index (χ1) is 7.68. The molecule has 0 radical (unpaired) electrons. The normalized spacial score (nSPS) is 11.3. The van der Waals surface area contributed by atoms with Gasteiger partial charge in [0.1, 0.15) is 5.75 Å². The molecule has 2 aromatic carbocycles. The molecule has 3 heteroatoms. The minimum atomic E-state index is 0.210. The van der Waals surface area contributed by atoms with E-state index in [1.165, 1.54) is 0 Å². The molecule has 0 unspecified atom stereocenters. The van der Waals surface area contributed by atoms with Crippen LogP contribution >= 0.6 is 0 Å². The van der Waals surface area contributed by atoms with Crippen LogP contribution in [0.4, 0.5) is 5.69 Å². The van der Waals surface area contributed by atoms with Gasteiger partial charge in [0.2, 0.25) is 0 Å². The van der Waals surface area contributed by atoms with E-state index in [-0.39, 0.29) is 5.75 Å². The zero-order chi connectivity index (χ0) is 11.3. The number of nitrogens with two attached hydrogens (primary N) is 1. The number of aromatic hydroxyl groups is 1. The highest BCUT2D eigenvalue weighted by atomic mass is 16.3. The van der Waals surface area contributed by atoms with E-state index in [1.807, 2.05) is 31.3 Å². The molecule has 0 aliphatic heterocycles. The topological polar surface area (TPSA) is 51.2 Å². The second kappa shape index (κ2) is 2.92. The average Bonchev–Trinajstić information content (AvgIpc) is 2.54. The Kier molecular flexibility index (Phi) is 1.66. The van der Waals surface area contributed by atoms with Gasteiger partial charge in [0, 0.05) is 29.4 Å². The maximum atomic E-state index is 9.59. The summed E-state index contributed by atoms with van der Waals surface area (Å²) in [6.45, 7) is 0. The highest BCUT2D eigenvalue weighted by Gasteiger charge is 2.10. The van der Waals surface area contributed by atoms with Gasteiger partial charge in [0.25, 0.3) is 0 Å². The fourth-order valence-corrected chi connectivity index (χ4v) is 2.34. The van der Waals surface area contributed by atoms with Crippen molar-refractivity contribution in [1.82, 2.24) is 4.57 Å². The number of hydrogen-bond acceptors (Lipinski definition) is 2.